The molecule has 46 heavy (non-hydrogen) atoms. The Morgan fingerprint density at radius 3 is 1.50 bits per heavy atom. The number of benzene rings is 6. The number of aromatic nitrogens is 3. The maximum Gasteiger partial charge on any atom is 0.196 e. The van der Waals surface area contributed by atoms with E-state index in [-0.39, 0.29) is 0 Å². The number of rotatable bonds is 4. The topological polar surface area (TPSA) is 27.1 Å². The van der Waals surface area contributed by atoms with Crippen LogP contribution in [0.1, 0.15) is 0 Å². The van der Waals surface area contributed by atoms with Crippen LogP contribution in [0.25, 0.3) is 82.2 Å². The molecule has 0 saturated carbocycles. The second kappa shape index (κ2) is 10.3. The average Bonchev–Trinajstić information content (AvgIpc) is 3.64. The van der Waals surface area contributed by atoms with Crippen LogP contribution in [0.15, 0.2) is 158 Å². The molecule has 0 saturated heterocycles. The van der Waals surface area contributed by atoms with Crippen molar-refractivity contribution in [2.45, 2.75) is 0 Å². The van der Waals surface area contributed by atoms with Crippen molar-refractivity contribution in [2.75, 3.05) is 0 Å². The Labute approximate surface area is 265 Å². The first kappa shape index (κ1) is 26.0. The Kier molecular flexibility index (Phi) is 5.84. The molecule has 0 aliphatic heterocycles. The molecule has 9 rings (SSSR count). The third-order valence-corrected chi connectivity index (χ3v) is 8.99. The standard InChI is InChI=1S/C42H26N4/c1-43-34-19-11-24-39(45-35-20-6-2-15-30(35)31-16-3-7-21-36(31)45)41(34)28-13-10-14-29(27-28)42-40(25-12-26-44-42)46-37-22-8-4-17-32(37)33-18-5-9-23-38(33)46/h2-27H. The van der Waals surface area contributed by atoms with E-state index in [1.54, 1.807) is 0 Å². The quantitative estimate of drug-likeness (QED) is 0.189. The first-order valence-electron chi connectivity index (χ1n) is 15.4. The Hall–Kier alpha value is -6.44. The molecule has 6 aromatic carbocycles. The molecule has 4 heteroatoms. The number of pyridine rings is 1. The van der Waals surface area contributed by atoms with E-state index in [1.807, 2.05) is 24.4 Å². The van der Waals surface area contributed by atoms with E-state index in [1.165, 1.54) is 21.5 Å². The summed E-state index contributed by atoms with van der Waals surface area (Å²) in [5.74, 6) is 0. The average molecular weight is 587 g/mol. The van der Waals surface area contributed by atoms with Crippen LogP contribution < -0.4 is 0 Å². The SMILES string of the molecule is [C-]#[N+]c1cccc(-n2c3ccccc3c3ccccc32)c1-c1cccc(-c2ncccc2-n2c3ccccc3c3ccccc32)c1. The highest BCUT2D eigenvalue weighted by atomic mass is 15.0. The van der Waals surface area contributed by atoms with Gasteiger partial charge < -0.3 is 9.13 Å². The van der Waals surface area contributed by atoms with Gasteiger partial charge in [0.25, 0.3) is 0 Å². The molecule has 9 aromatic rings. The minimum absolute atomic E-state index is 0.611. The summed E-state index contributed by atoms with van der Waals surface area (Å²) >= 11 is 0. The van der Waals surface area contributed by atoms with Crippen molar-refractivity contribution in [1.82, 2.24) is 14.1 Å². The zero-order chi connectivity index (χ0) is 30.6. The monoisotopic (exact) mass is 586 g/mol. The van der Waals surface area contributed by atoms with Crippen LogP contribution in [-0.4, -0.2) is 14.1 Å². The van der Waals surface area contributed by atoms with Gasteiger partial charge in [0.05, 0.1) is 40.0 Å². The third kappa shape index (κ3) is 3.83. The molecular weight excluding hydrogens is 560 g/mol. The molecule has 0 atom stereocenters. The van der Waals surface area contributed by atoms with Crippen molar-refractivity contribution in [3.63, 3.8) is 0 Å². The molecule has 0 bridgehead atoms. The van der Waals surface area contributed by atoms with Crippen LogP contribution in [-0.2, 0) is 0 Å². The lowest BCUT2D eigenvalue weighted by molar-refractivity contribution is 1.14. The Morgan fingerprint density at radius 2 is 0.935 bits per heavy atom. The summed E-state index contributed by atoms with van der Waals surface area (Å²) in [6, 6.07) is 52.7. The largest absolute Gasteiger partial charge is 0.310 e. The summed E-state index contributed by atoms with van der Waals surface area (Å²) in [5.41, 5.74) is 10.9. The van der Waals surface area contributed by atoms with Crippen molar-refractivity contribution >= 4 is 49.3 Å². The van der Waals surface area contributed by atoms with Gasteiger partial charge in [-0.25, -0.2) is 4.85 Å². The van der Waals surface area contributed by atoms with Crippen molar-refractivity contribution in [1.29, 1.82) is 0 Å². The normalized spacial score (nSPS) is 11.5. The van der Waals surface area contributed by atoms with Crippen LogP contribution in [0, 0.1) is 6.57 Å². The molecule has 3 aromatic heterocycles. The zero-order valence-corrected chi connectivity index (χ0v) is 24.8. The molecule has 0 radical (unpaired) electrons. The van der Waals surface area contributed by atoms with Gasteiger partial charge in [-0.15, -0.1) is 0 Å². The van der Waals surface area contributed by atoms with Gasteiger partial charge in [-0.3, -0.25) is 4.98 Å². The predicted octanol–water partition coefficient (Wildman–Crippen LogP) is 11.2. The first-order chi connectivity index (χ1) is 22.8. The van der Waals surface area contributed by atoms with E-state index in [4.69, 9.17) is 11.6 Å². The van der Waals surface area contributed by atoms with E-state index >= 15 is 0 Å². The molecule has 0 amide bonds. The van der Waals surface area contributed by atoms with Gasteiger partial charge in [-0.2, -0.15) is 0 Å². The van der Waals surface area contributed by atoms with Crippen molar-refractivity contribution in [2.24, 2.45) is 0 Å². The number of nitrogens with zero attached hydrogens (tertiary/aromatic N) is 4. The van der Waals surface area contributed by atoms with Crippen LogP contribution in [0.4, 0.5) is 5.69 Å². The fraction of sp³-hybridized carbons (Fsp3) is 0. The van der Waals surface area contributed by atoms with E-state index in [0.29, 0.717) is 5.69 Å². The first-order valence-corrected chi connectivity index (χ1v) is 15.4. The smallest absolute Gasteiger partial charge is 0.196 e. The predicted molar refractivity (Wildman–Crippen MR) is 190 cm³/mol. The lowest BCUT2D eigenvalue weighted by atomic mass is 9.97. The van der Waals surface area contributed by atoms with Gasteiger partial charge in [0.1, 0.15) is 0 Å². The van der Waals surface area contributed by atoms with Crippen molar-refractivity contribution < 1.29 is 0 Å². The minimum atomic E-state index is 0.611. The second-order valence-corrected chi connectivity index (χ2v) is 11.5. The van der Waals surface area contributed by atoms with E-state index in [2.05, 4.69) is 147 Å². The molecule has 0 N–H and O–H groups in total. The van der Waals surface area contributed by atoms with Crippen LogP contribution >= 0.6 is 0 Å². The maximum atomic E-state index is 8.18. The van der Waals surface area contributed by atoms with Gasteiger partial charge in [-0.05, 0) is 54.1 Å². The highest BCUT2D eigenvalue weighted by Gasteiger charge is 2.20. The van der Waals surface area contributed by atoms with E-state index in [0.717, 1.165) is 55.8 Å². The van der Waals surface area contributed by atoms with Gasteiger partial charge in [0, 0.05) is 44.6 Å². The molecule has 0 fully saturated rings. The molecule has 214 valence electrons. The Balaban J connectivity index is 1.29. The van der Waals surface area contributed by atoms with Crippen LogP contribution in [0.5, 0.6) is 0 Å². The van der Waals surface area contributed by atoms with Crippen LogP contribution in [0.2, 0.25) is 0 Å². The van der Waals surface area contributed by atoms with Gasteiger partial charge >= 0.3 is 0 Å². The fourth-order valence-electron chi connectivity index (χ4n) is 7.09. The Morgan fingerprint density at radius 1 is 0.457 bits per heavy atom. The van der Waals surface area contributed by atoms with Crippen molar-refractivity contribution in [3.8, 4) is 33.8 Å². The van der Waals surface area contributed by atoms with Gasteiger partial charge in [0.2, 0.25) is 0 Å². The third-order valence-electron chi connectivity index (χ3n) is 8.99. The van der Waals surface area contributed by atoms with E-state index < -0.39 is 0 Å². The lowest BCUT2D eigenvalue weighted by Crippen LogP contribution is -2.00. The van der Waals surface area contributed by atoms with Crippen LogP contribution in [0.3, 0.4) is 0 Å². The molecule has 0 spiro atoms. The summed E-state index contributed by atoms with van der Waals surface area (Å²) in [6.07, 6.45) is 1.86. The summed E-state index contributed by atoms with van der Waals surface area (Å²) < 4.78 is 4.61. The summed E-state index contributed by atoms with van der Waals surface area (Å²) in [6.45, 7) is 8.18. The van der Waals surface area contributed by atoms with E-state index in [9.17, 15) is 0 Å². The molecule has 3 heterocycles. The zero-order valence-electron chi connectivity index (χ0n) is 24.8. The number of hydrogen-bond acceptors (Lipinski definition) is 1. The number of para-hydroxylation sites is 4. The maximum absolute atomic E-state index is 8.18. The molecule has 0 aliphatic carbocycles. The molecule has 0 unspecified atom stereocenters. The Bertz CT molecular complexity index is 2560. The molecule has 0 aliphatic rings. The molecular formula is C42H26N4. The number of fused-ring (bicyclic) bond motifs is 6. The fourth-order valence-corrected chi connectivity index (χ4v) is 7.09. The number of hydrogen-bond donors (Lipinski definition) is 0. The summed E-state index contributed by atoms with van der Waals surface area (Å²) in [7, 11) is 0. The summed E-state index contributed by atoms with van der Waals surface area (Å²) in [5, 5.41) is 4.80. The van der Waals surface area contributed by atoms with Gasteiger partial charge in [-0.1, -0.05) is 103 Å². The molecule has 4 nitrogen and oxygen atoms in total. The van der Waals surface area contributed by atoms with Gasteiger partial charge in [0.15, 0.2) is 5.69 Å². The highest BCUT2D eigenvalue weighted by molar-refractivity contribution is 6.11. The second-order valence-electron chi connectivity index (χ2n) is 11.5. The lowest BCUT2D eigenvalue weighted by Gasteiger charge is -2.17. The minimum Gasteiger partial charge on any atom is -0.310 e. The van der Waals surface area contributed by atoms with Crippen molar-refractivity contribution in [3.05, 3.63) is 169 Å². The highest BCUT2D eigenvalue weighted by Crippen LogP contribution is 2.42. The summed E-state index contributed by atoms with van der Waals surface area (Å²) in [4.78, 5) is 8.99.